The van der Waals surface area contributed by atoms with Crippen molar-refractivity contribution in [2.24, 2.45) is 0 Å². The van der Waals surface area contributed by atoms with Gasteiger partial charge in [0.15, 0.2) is 0 Å². The van der Waals surface area contributed by atoms with Gasteiger partial charge in [-0.1, -0.05) is 6.07 Å². The summed E-state index contributed by atoms with van der Waals surface area (Å²) in [7, 11) is -3.58. The van der Waals surface area contributed by atoms with E-state index in [4.69, 9.17) is 10.4 Å². The van der Waals surface area contributed by atoms with Crippen molar-refractivity contribution in [3.05, 3.63) is 29.3 Å². The minimum absolute atomic E-state index is 0.0488. The zero-order chi connectivity index (χ0) is 15.5. The molecule has 1 fully saturated rings. The zero-order valence-corrected chi connectivity index (χ0v) is 12.9. The molecule has 1 unspecified atom stereocenters. The van der Waals surface area contributed by atoms with Crippen LogP contribution in [0, 0.1) is 18.3 Å². The Labute approximate surface area is 125 Å². The summed E-state index contributed by atoms with van der Waals surface area (Å²) < 4.78 is 27.2. The van der Waals surface area contributed by atoms with Crippen LogP contribution in [0.25, 0.3) is 0 Å². The molecule has 0 aromatic heterocycles. The number of hydrogen-bond donors (Lipinski definition) is 1. The second-order valence-electron chi connectivity index (χ2n) is 5.37. The Morgan fingerprint density at radius 3 is 2.90 bits per heavy atom. The largest absolute Gasteiger partial charge is 0.396 e. The molecule has 1 aliphatic rings. The Balaban J connectivity index is 2.35. The Kier molecular flexibility index (Phi) is 4.99. The Hall–Kier alpha value is -1.42. The summed E-state index contributed by atoms with van der Waals surface area (Å²) in [6.07, 6.45) is 2.95. The standard InChI is InChI=1S/C15H20N2O3S/c1-12-6-7-13(11-16)10-15(12)21(19,20)17-8-2-4-14(17)5-3-9-18/h6-7,10,14,18H,2-5,8-9H2,1H3. The van der Waals surface area contributed by atoms with E-state index in [1.165, 1.54) is 10.4 Å². The van der Waals surface area contributed by atoms with Crippen LogP contribution in [0.3, 0.4) is 0 Å². The van der Waals surface area contributed by atoms with Crippen LogP contribution in [-0.2, 0) is 10.0 Å². The predicted octanol–water partition coefficient (Wildman–Crippen LogP) is 1.79. The van der Waals surface area contributed by atoms with Gasteiger partial charge in [-0.2, -0.15) is 9.57 Å². The predicted molar refractivity (Wildman–Crippen MR) is 79.1 cm³/mol. The average Bonchev–Trinajstić information content (AvgIpc) is 2.94. The number of benzene rings is 1. The first kappa shape index (κ1) is 16.0. The number of sulfonamides is 1. The molecule has 1 aromatic carbocycles. The average molecular weight is 308 g/mol. The monoisotopic (exact) mass is 308 g/mol. The second-order valence-corrected chi connectivity index (χ2v) is 7.23. The maximum Gasteiger partial charge on any atom is 0.243 e. The molecular formula is C15H20N2O3S. The third-order valence-electron chi connectivity index (χ3n) is 3.92. The van der Waals surface area contributed by atoms with Crippen LogP contribution in [0.1, 0.15) is 36.8 Å². The molecule has 0 amide bonds. The lowest BCUT2D eigenvalue weighted by Crippen LogP contribution is -2.36. The number of hydrogen-bond acceptors (Lipinski definition) is 4. The molecule has 0 bridgehead atoms. The van der Waals surface area contributed by atoms with Gasteiger partial charge in [-0.25, -0.2) is 8.42 Å². The molecule has 1 saturated heterocycles. The van der Waals surface area contributed by atoms with E-state index in [9.17, 15) is 8.42 Å². The molecule has 114 valence electrons. The van der Waals surface area contributed by atoms with E-state index in [0.717, 1.165) is 12.8 Å². The molecule has 0 saturated carbocycles. The SMILES string of the molecule is Cc1ccc(C#N)cc1S(=O)(=O)N1CCCC1CCCO. The third-order valence-corrected chi connectivity index (χ3v) is 6.02. The fourth-order valence-electron chi connectivity index (χ4n) is 2.81. The maximum absolute atomic E-state index is 12.9. The molecule has 2 rings (SSSR count). The topological polar surface area (TPSA) is 81.4 Å². The van der Waals surface area contributed by atoms with Gasteiger partial charge in [0.05, 0.1) is 16.5 Å². The van der Waals surface area contributed by atoms with Crippen LogP contribution in [0.15, 0.2) is 23.1 Å². The number of nitrogens with zero attached hydrogens (tertiary/aromatic N) is 2. The van der Waals surface area contributed by atoms with Crippen molar-refractivity contribution in [3.8, 4) is 6.07 Å². The number of nitriles is 1. The quantitative estimate of drug-likeness (QED) is 0.899. The Morgan fingerprint density at radius 1 is 1.48 bits per heavy atom. The first-order chi connectivity index (χ1) is 10.0. The van der Waals surface area contributed by atoms with Crippen LogP contribution in [-0.4, -0.2) is 37.0 Å². The summed E-state index contributed by atoms with van der Waals surface area (Å²) in [5.74, 6) is 0. The minimum atomic E-state index is -3.58. The first-order valence-electron chi connectivity index (χ1n) is 7.14. The summed E-state index contributed by atoms with van der Waals surface area (Å²) >= 11 is 0. The third kappa shape index (κ3) is 3.26. The molecule has 0 radical (unpaired) electrons. The van der Waals surface area contributed by atoms with E-state index >= 15 is 0 Å². The summed E-state index contributed by atoms with van der Waals surface area (Å²) in [4.78, 5) is 0.220. The highest BCUT2D eigenvalue weighted by Crippen LogP contribution is 2.30. The van der Waals surface area contributed by atoms with Gasteiger partial charge in [0, 0.05) is 19.2 Å². The van der Waals surface area contributed by atoms with Crippen LogP contribution < -0.4 is 0 Å². The van der Waals surface area contributed by atoms with Crippen molar-refractivity contribution in [1.29, 1.82) is 5.26 Å². The van der Waals surface area contributed by atoms with Gasteiger partial charge in [0.2, 0.25) is 10.0 Å². The van der Waals surface area contributed by atoms with E-state index in [2.05, 4.69) is 0 Å². The van der Waals surface area contributed by atoms with E-state index < -0.39 is 10.0 Å². The van der Waals surface area contributed by atoms with Crippen molar-refractivity contribution in [3.63, 3.8) is 0 Å². The smallest absolute Gasteiger partial charge is 0.243 e. The highest BCUT2D eigenvalue weighted by molar-refractivity contribution is 7.89. The Bertz CT molecular complexity index is 649. The van der Waals surface area contributed by atoms with Gasteiger partial charge < -0.3 is 5.11 Å². The van der Waals surface area contributed by atoms with Crippen molar-refractivity contribution >= 4 is 10.0 Å². The lowest BCUT2D eigenvalue weighted by atomic mass is 10.1. The number of aryl methyl sites for hydroxylation is 1. The molecular weight excluding hydrogens is 288 g/mol. The van der Waals surface area contributed by atoms with Crippen LogP contribution in [0.2, 0.25) is 0 Å². The molecule has 6 heteroatoms. The summed E-state index contributed by atoms with van der Waals surface area (Å²) in [6, 6.07) is 6.69. The lowest BCUT2D eigenvalue weighted by molar-refractivity contribution is 0.264. The Morgan fingerprint density at radius 2 is 2.24 bits per heavy atom. The summed E-state index contributed by atoms with van der Waals surface area (Å²) in [5, 5.41) is 17.9. The van der Waals surface area contributed by atoms with Gasteiger partial charge in [-0.3, -0.25) is 0 Å². The van der Waals surface area contributed by atoms with Gasteiger partial charge in [-0.05, 0) is 50.3 Å². The number of rotatable bonds is 5. The van der Waals surface area contributed by atoms with Crippen LogP contribution in [0.4, 0.5) is 0 Å². The van der Waals surface area contributed by atoms with Crippen LogP contribution >= 0.6 is 0 Å². The van der Waals surface area contributed by atoms with E-state index in [1.54, 1.807) is 19.1 Å². The van der Waals surface area contributed by atoms with Crippen molar-refractivity contribution in [2.45, 2.75) is 43.5 Å². The normalized spacial score (nSPS) is 19.6. The molecule has 1 aromatic rings. The molecule has 0 aliphatic carbocycles. The van der Waals surface area contributed by atoms with Gasteiger partial charge >= 0.3 is 0 Å². The fraction of sp³-hybridized carbons (Fsp3) is 0.533. The van der Waals surface area contributed by atoms with E-state index in [-0.39, 0.29) is 17.5 Å². The maximum atomic E-state index is 12.9. The molecule has 1 atom stereocenters. The zero-order valence-electron chi connectivity index (χ0n) is 12.1. The van der Waals surface area contributed by atoms with E-state index in [0.29, 0.717) is 30.5 Å². The lowest BCUT2D eigenvalue weighted by Gasteiger charge is -2.24. The van der Waals surface area contributed by atoms with Gasteiger partial charge in [0.1, 0.15) is 0 Å². The molecule has 1 aliphatic heterocycles. The van der Waals surface area contributed by atoms with E-state index in [1.807, 2.05) is 6.07 Å². The molecule has 0 spiro atoms. The minimum Gasteiger partial charge on any atom is -0.396 e. The first-order valence-corrected chi connectivity index (χ1v) is 8.58. The highest BCUT2D eigenvalue weighted by Gasteiger charge is 2.35. The van der Waals surface area contributed by atoms with Crippen LogP contribution in [0.5, 0.6) is 0 Å². The van der Waals surface area contributed by atoms with Crippen molar-refractivity contribution in [1.82, 2.24) is 4.31 Å². The molecule has 1 N–H and O–H groups in total. The molecule has 1 heterocycles. The number of aliphatic hydroxyl groups excluding tert-OH is 1. The number of aliphatic hydroxyl groups is 1. The van der Waals surface area contributed by atoms with Gasteiger partial charge in [0.25, 0.3) is 0 Å². The summed E-state index contributed by atoms with van der Waals surface area (Å²) in [5.41, 5.74) is 1.01. The molecule has 21 heavy (non-hydrogen) atoms. The highest BCUT2D eigenvalue weighted by atomic mass is 32.2. The fourth-order valence-corrected chi connectivity index (χ4v) is 4.79. The second kappa shape index (κ2) is 6.56. The van der Waals surface area contributed by atoms with Gasteiger partial charge in [-0.15, -0.1) is 0 Å². The van der Waals surface area contributed by atoms with Crippen molar-refractivity contribution in [2.75, 3.05) is 13.2 Å². The summed E-state index contributed by atoms with van der Waals surface area (Å²) in [6.45, 7) is 2.33. The molecule has 5 nitrogen and oxygen atoms in total. The van der Waals surface area contributed by atoms with Crippen molar-refractivity contribution < 1.29 is 13.5 Å².